The minimum absolute atomic E-state index is 0.104. The number of ether oxygens (including phenoxy) is 1. The largest absolute Gasteiger partial charge is 0.492 e. The predicted octanol–water partition coefficient (Wildman–Crippen LogP) is 0.708. The molecule has 0 saturated carbocycles. The average Bonchev–Trinajstić information content (AvgIpc) is 2.24. The van der Waals surface area contributed by atoms with Gasteiger partial charge in [0.1, 0.15) is 21.3 Å². The van der Waals surface area contributed by atoms with Crippen LogP contribution in [0.3, 0.4) is 0 Å². The average molecular weight is 243 g/mol. The molecule has 0 spiro atoms. The van der Waals surface area contributed by atoms with Crippen LogP contribution in [0.4, 0.5) is 0 Å². The van der Waals surface area contributed by atoms with E-state index in [9.17, 15) is 13.2 Å². The van der Waals surface area contributed by atoms with Crippen molar-refractivity contribution in [3.8, 4) is 5.75 Å². The molecule has 0 saturated heterocycles. The lowest BCUT2D eigenvalue weighted by atomic mass is 10.4. The van der Waals surface area contributed by atoms with Crippen LogP contribution in [0.5, 0.6) is 5.75 Å². The summed E-state index contributed by atoms with van der Waals surface area (Å²) < 4.78 is 26.9. The van der Waals surface area contributed by atoms with E-state index < -0.39 is 9.84 Å². The van der Waals surface area contributed by atoms with Crippen molar-refractivity contribution in [1.82, 2.24) is 4.98 Å². The molecule has 0 atom stereocenters. The third kappa shape index (κ3) is 4.88. The van der Waals surface area contributed by atoms with Crippen molar-refractivity contribution in [3.63, 3.8) is 0 Å². The summed E-state index contributed by atoms with van der Waals surface area (Å²) in [7, 11) is -2.93. The highest BCUT2D eigenvalue weighted by Gasteiger charge is 2.02. The van der Waals surface area contributed by atoms with Crippen LogP contribution in [0.1, 0.15) is 16.9 Å². The number of hydrogen-bond acceptors (Lipinski definition) is 5. The molecule has 5 nitrogen and oxygen atoms in total. The second-order valence-corrected chi connectivity index (χ2v) is 5.63. The molecule has 6 heteroatoms. The molecule has 0 N–H and O–H groups in total. The Morgan fingerprint density at radius 1 is 1.44 bits per heavy atom. The van der Waals surface area contributed by atoms with Gasteiger partial charge in [0, 0.05) is 6.26 Å². The van der Waals surface area contributed by atoms with Gasteiger partial charge >= 0.3 is 0 Å². The predicted molar refractivity (Wildman–Crippen MR) is 59.4 cm³/mol. The topological polar surface area (TPSA) is 73.3 Å². The van der Waals surface area contributed by atoms with Crippen LogP contribution in [-0.2, 0) is 9.84 Å². The molecule has 0 aliphatic rings. The molecular weight excluding hydrogens is 230 g/mol. The molecule has 1 aromatic rings. The standard InChI is InChI=1S/C10H13NO4S/c1-16(13,14)6-2-5-15-10-4-3-9(8-12)11-7-10/h3-4,7-8H,2,5-6H2,1H3. The maximum absolute atomic E-state index is 10.8. The first-order chi connectivity index (χ1) is 7.51. The summed E-state index contributed by atoms with van der Waals surface area (Å²) in [6, 6.07) is 3.16. The maximum Gasteiger partial charge on any atom is 0.168 e. The zero-order valence-corrected chi connectivity index (χ0v) is 9.74. The molecule has 88 valence electrons. The second kappa shape index (κ2) is 5.60. The molecule has 0 aliphatic heterocycles. The number of aromatic nitrogens is 1. The summed E-state index contributed by atoms with van der Waals surface area (Å²) in [5, 5.41) is 0. The molecule has 1 aromatic heterocycles. The number of hydrogen-bond donors (Lipinski definition) is 0. The van der Waals surface area contributed by atoms with E-state index in [1.54, 1.807) is 12.1 Å². The van der Waals surface area contributed by atoms with Crippen molar-refractivity contribution in [2.75, 3.05) is 18.6 Å². The number of aldehydes is 1. The van der Waals surface area contributed by atoms with E-state index in [-0.39, 0.29) is 5.75 Å². The molecule has 0 aromatic carbocycles. The van der Waals surface area contributed by atoms with Gasteiger partial charge in [-0.05, 0) is 18.6 Å². The number of carbonyl (C=O) groups excluding carboxylic acids is 1. The van der Waals surface area contributed by atoms with Crippen molar-refractivity contribution in [2.24, 2.45) is 0 Å². The third-order valence-corrected chi connectivity index (χ3v) is 2.84. The van der Waals surface area contributed by atoms with Gasteiger partial charge in [-0.2, -0.15) is 0 Å². The molecule has 0 radical (unpaired) electrons. The normalized spacial score (nSPS) is 11.1. The van der Waals surface area contributed by atoms with E-state index in [0.717, 1.165) is 0 Å². The van der Waals surface area contributed by atoms with E-state index in [1.165, 1.54) is 12.5 Å². The minimum Gasteiger partial charge on any atom is -0.492 e. The monoisotopic (exact) mass is 243 g/mol. The van der Waals surface area contributed by atoms with Crippen LogP contribution in [0.25, 0.3) is 0 Å². The SMILES string of the molecule is CS(=O)(=O)CCCOc1ccc(C=O)nc1. The molecule has 1 heterocycles. The van der Waals surface area contributed by atoms with E-state index in [1.807, 2.05) is 0 Å². The molecule has 0 unspecified atom stereocenters. The van der Waals surface area contributed by atoms with E-state index in [4.69, 9.17) is 4.74 Å². The van der Waals surface area contributed by atoms with E-state index >= 15 is 0 Å². The zero-order chi connectivity index (χ0) is 12.0. The lowest BCUT2D eigenvalue weighted by Gasteiger charge is -2.04. The van der Waals surface area contributed by atoms with Crippen LogP contribution < -0.4 is 4.74 Å². The fourth-order valence-corrected chi connectivity index (χ4v) is 1.70. The van der Waals surface area contributed by atoms with Gasteiger partial charge in [0.25, 0.3) is 0 Å². The first-order valence-corrected chi connectivity index (χ1v) is 6.79. The Bertz CT molecular complexity index is 438. The Hall–Kier alpha value is -1.43. The van der Waals surface area contributed by atoms with Gasteiger partial charge in [-0.25, -0.2) is 13.4 Å². The summed E-state index contributed by atoms with van der Waals surface area (Å²) in [4.78, 5) is 14.1. The Kier molecular flexibility index (Phi) is 4.42. The highest BCUT2D eigenvalue weighted by atomic mass is 32.2. The maximum atomic E-state index is 10.8. The van der Waals surface area contributed by atoms with Gasteiger partial charge in [-0.15, -0.1) is 0 Å². The Balaban J connectivity index is 2.35. The number of sulfone groups is 1. The summed E-state index contributed by atoms with van der Waals surface area (Å²) in [5.41, 5.74) is 0.337. The van der Waals surface area contributed by atoms with Crippen molar-refractivity contribution < 1.29 is 17.9 Å². The number of carbonyl (C=O) groups is 1. The van der Waals surface area contributed by atoms with Crippen molar-refractivity contribution >= 4 is 16.1 Å². The fraction of sp³-hybridized carbons (Fsp3) is 0.400. The van der Waals surface area contributed by atoms with Crippen LogP contribution in [-0.4, -0.2) is 38.3 Å². The van der Waals surface area contributed by atoms with Crippen LogP contribution in [0.2, 0.25) is 0 Å². The number of rotatable bonds is 6. The van der Waals surface area contributed by atoms with Gasteiger partial charge in [-0.1, -0.05) is 0 Å². The smallest absolute Gasteiger partial charge is 0.168 e. The summed E-state index contributed by atoms with van der Waals surface area (Å²) >= 11 is 0. The minimum atomic E-state index is -2.93. The van der Waals surface area contributed by atoms with Gasteiger partial charge in [-0.3, -0.25) is 4.79 Å². The zero-order valence-electron chi connectivity index (χ0n) is 8.92. The van der Waals surface area contributed by atoms with E-state index in [2.05, 4.69) is 4.98 Å². The highest BCUT2D eigenvalue weighted by Crippen LogP contribution is 2.08. The summed E-state index contributed by atoms with van der Waals surface area (Å²) in [6.07, 6.45) is 3.71. The van der Waals surface area contributed by atoms with E-state index in [0.29, 0.717) is 30.8 Å². The summed E-state index contributed by atoms with van der Waals surface area (Å²) in [5.74, 6) is 0.631. The Morgan fingerprint density at radius 2 is 2.19 bits per heavy atom. The van der Waals surface area contributed by atoms with Crippen LogP contribution in [0.15, 0.2) is 18.3 Å². The van der Waals surface area contributed by atoms with Crippen LogP contribution >= 0.6 is 0 Å². The van der Waals surface area contributed by atoms with Crippen molar-refractivity contribution in [3.05, 3.63) is 24.0 Å². The Morgan fingerprint density at radius 3 is 2.69 bits per heavy atom. The molecule has 0 aliphatic carbocycles. The van der Waals surface area contributed by atoms with Gasteiger partial charge < -0.3 is 4.74 Å². The van der Waals surface area contributed by atoms with Crippen LogP contribution in [0, 0.1) is 0 Å². The Labute approximate surface area is 94.4 Å². The fourth-order valence-electron chi connectivity index (χ4n) is 1.06. The second-order valence-electron chi connectivity index (χ2n) is 3.37. The highest BCUT2D eigenvalue weighted by molar-refractivity contribution is 7.90. The quantitative estimate of drug-likeness (QED) is 0.543. The van der Waals surface area contributed by atoms with Crippen molar-refractivity contribution in [2.45, 2.75) is 6.42 Å². The molecule has 1 rings (SSSR count). The molecule has 0 fully saturated rings. The molecule has 0 bridgehead atoms. The molecular formula is C10H13NO4S. The van der Waals surface area contributed by atoms with Gasteiger partial charge in [0.05, 0.1) is 18.6 Å². The number of nitrogens with zero attached hydrogens (tertiary/aromatic N) is 1. The first-order valence-electron chi connectivity index (χ1n) is 4.73. The van der Waals surface area contributed by atoms with Gasteiger partial charge in [0.15, 0.2) is 6.29 Å². The third-order valence-electron chi connectivity index (χ3n) is 1.81. The first kappa shape index (κ1) is 12.6. The molecule has 16 heavy (non-hydrogen) atoms. The van der Waals surface area contributed by atoms with Gasteiger partial charge in [0.2, 0.25) is 0 Å². The summed E-state index contributed by atoms with van der Waals surface area (Å²) in [6.45, 7) is 0.315. The molecule has 0 amide bonds. The number of pyridine rings is 1. The lowest BCUT2D eigenvalue weighted by Crippen LogP contribution is -2.08. The van der Waals surface area contributed by atoms with Crippen molar-refractivity contribution in [1.29, 1.82) is 0 Å². The lowest BCUT2D eigenvalue weighted by molar-refractivity contribution is 0.111.